The van der Waals surface area contributed by atoms with Crippen LogP contribution >= 0.6 is 0 Å². The molecule has 1 aromatic carbocycles. The topological polar surface area (TPSA) is 57.6 Å². The van der Waals surface area contributed by atoms with E-state index >= 15 is 0 Å². The van der Waals surface area contributed by atoms with Gasteiger partial charge in [-0.15, -0.1) is 0 Å². The van der Waals surface area contributed by atoms with E-state index < -0.39 is 9.84 Å². The van der Waals surface area contributed by atoms with Gasteiger partial charge in [-0.1, -0.05) is 12.1 Å². The van der Waals surface area contributed by atoms with Gasteiger partial charge >= 0.3 is 0 Å². The van der Waals surface area contributed by atoms with Crippen LogP contribution in [0.4, 0.5) is 0 Å². The number of aromatic hydroxyl groups is 1. The quantitative estimate of drug-likeness (QED) is 0.885. The van der Waals surface area contributed by atoms with Gasteiger partial charge in [-0.25, -0.2) is 8.42 Å². The van der Waals surface area contributed by atoms with Crippen LogP contribution in [0.2, 0.25) is 0 Å². The van der Waals surface area contributed by atoms with Crippen LogP contribution in [-0.4, -0.2) is 43.0 Å². The summed E-state index contributed by atoms with van der Waals surface area (Å²) in [5.74, 6) is 0.772. The van der Waals surface area contributed by atoms with Gasteiger partial charge in [-0.2, -0.15) is 0 Å². The Labute approximate surface area is 108 Å². The van der Waals surface area contributed by atoms with Crippen molar-refractivity contribution in [2.45, 2.75) is 19.4 Å². The van der Waals surface area contributed by atoms with Crippen molar-refractivity contribution in [2.75, 3.05) is 24.6 Å². The van der Waals surface area contributed by atoms with Crippen LogP contribution in [0, 0.1) is 0 Å². The smallest absolute Gasteiger partial charge is 0.151 e. The van der Waals surface area contributed by atoms with E-state index in [0.717, 1.165) is 12.1 Å². The van der Waals surface area contributed by atoms with Crippen molar-refractivity contribution in [3.63, 3.8) is 0 Å². The predicted molar refractivity (Wildman–Crippen MR) is 71.4 cm³/mol. The summed E-state index contributed by atoms with van der Waals surface area (Å²) in [5.41, 5.74) is 1.02. The van der Waals surface area contributed by atoms with Crippen LogP contribution in [0.3, 0.4) is 0 Å². The average Bonchev–Trinajstić information content (AvgIpc) is 2.49. The van der Waals surface area contributed by atoms with Gasteiger partial charge in [0.05, 0.1) is 11.5 Å². The van der Waals surface area contributed by atoms with Crippen molar-refractivity contribution in [2.24, 2.45) is 0 Å². The van der Waals surface area contributed by atoms with Crippen LogP contribution in [0.15, 0.2) is 24.3 Å². The zero-order chi connectivity index (χ0) is 13.2. The van der Waals surface area contributed by atoms with E-state index in [-0.39, 0.29) is 23.3 Å². The summed E-state index contributed by atoms with van der Waals surface area (Å²) in [6, 6.07) is 7.29. The van der Waals surface area contributed by atoms with Gasteiger partial charge in [0.1, 0.15) is 5.75 Å². The molecule has 1 N–H and O–H groups in total. The number of rotatable bonds is 2. The molecule has 0 saturated carbocycles. The molecule has 100 valence electrons. The van der Waals surface area contributed by atoms with Gasteiger partial charge < -0.3 is 5.11 Å². The second-order valence-electron chi connectivity index (χ2n) is 4.81. The van der Waals surface area contributed by atoms with E-state index in [1.165, 1.54) is 0 Å². The van der Waals surface area contributed by atoms with E-state index in [9.17, 15) is 13.5 Å². The number of phenols is 1. The zero-order valence-corrected chi connectivity index (χ0v) is 11.4. The lowest BCUT2D eigenvalue weighted by Gasteiger charge is -2.27. The molecule has 2 rings (SSSR count). The lowest BCUT2D eigenvalue weighted by Crippen LogP contribution is -2.30. The van der Waals surface area contributed by atoms with Crippen molar-refractivity contribution in [1.82, 2.24) is 4.90 Å². The first-order valence-corrected chi connectivity index (χ1v) is 8.03. The molecular formula is C13H19NO3S. The maximum Gasteiger partial charge on any atom is 0.151 e. The van der Waals surface area contributed by atoms with Gasteiger partial charge in [-0.3, -0.25) is 4.90 Å². The molecule has 0 radical (unpaired) electrons. The van der Waals surface area contributed by atoms with Gasteiger partial charge in [0.25, 0.3) is 0 Å². The first-order chi connectivity index (χ1) is 8.48. The fourth-order valence-corrected chi connectivity index (χ4v) is 3.63. The minimum atomic E-state index is -2.87. The predicted octanol–water partition coefficient (Wildman–Crippen LogP) is 1.57. The lowest BCUT2D eigenvalue weighted by atomic mass is 10.1. The first kappa shape index (κ1) is 13.4. The SMILES string of the molecule is CC(c1cccc(O)c1)N1CCCS(=O)(=O)CC1. The van der Waals surface area contributed by atoms with Gasteiger partial charge in [-0.05, 0) is 37.6 Å². The van der Waals surface area contributed by atoms with E-state index in [1.807, 2.05) is 19.1 Å². The van der Waals surface area contributed by atoms with Crippen LogP contribution in [0.25, 0.3) is 0 Å². The second-order valence-corrected chi connectivity index (χ2v) is 7.12. The number of phenolic OH excluding ortho intramolecular Hbond substituents is 1. The lowest BCUT2D eigenvalue weighted by molar-refractivity contribution is 0.227. The Morgan fingerprint density at radius 3 is 2.78 bits per heavy atom. The molecule has 1 aliphatic heterocycles. The molecule has 1 aliphatic rings. The summed E-state index contributed by atoms with van der Waals surface area (Å²) in [6.45, 7) is 3.40. The Bertz CT molecular complexity index is 513. The van der Waals surface area contributed by atoms with E-state index in [4.69, 9.17) is 0 Å². The van der Waals surface area contributed by atoms with Crippen molar-refractivity contribution in [1.29, 1.82) is 0 Å². The Morgan fingerprint density at radius 2 is 2.06 bits per heavy atom. The number of hydrogen-bond acceptors (Lipinski definition) is 4. The maximum atomic E-state index is 11.6. The molecule has 1 unspecified atom stereocenters. The fourth-order valence-electron chi connectivity index (χ4n) is 2.34. The summed E-state index contributed by atoms with van der Waals surface area (Å²) >= 11 is 0. The Kier molecular flexibility index (Phi) is 3.92. The molecule has 0 bridgehead atoms. The van der Waals surface area contributed by atoms with Crippen LogP contribution in [-0.2, 0) is 9.84 Å². The summed E-state index contributed by atoms with van der Waals surface area (Å²) in [6.07, 6.45) is 0.686. The third-order valence-electron chi connectivity index (χ3n) is 3.49. The molecule has 5 heteroatoms. The minimum Gasteiger partial charge on any atom is -0.508 e. The van der Waals surface area contributed by atoms with E-state index in [0.29, 0.717) is 13.0 Å². The molecule has 1 atom stereocenters. The van der Waals surface area contributed by atoms with E-state index in [1.54, 1.807) is 12.1 Å². The highest BCUT2D eigenvalue weighted by molar-refractivity contribution is 7.91. The monoisotopic (exact) mass is 269 g/mol. The summed E-state index contributed by atoms with van der Waals surface area (Å²) in [7, 11) is -2.87. The third-order valence-corrected chi connectivity index (χ3v) is 5.21. The molecular weight excluding hydrogens is 250 g/mol. The fraction of sp³-hybridized carbons (Fsp3) is 0.538. The van der Waals surface area contributed by atoms with Crippen molar-refractivity contribution in [3.8, 4) is 5.75 Å². The first-order valence-electron chi connectivity index (χ1n) is 6.21. The molecule has 0 aliphatic carbocycles. The Balaban J connectivity index is 2.12. The van der Waals surface area contributed by atoms with Crippen LogP contribution in [0.1, 0.15) is 24.9 Å². The van der Waals surface area contributed by atoms with Gasteiger partial charge in [0, 0.05) is 12.6 Å². The van der Waals surface area contributed by atoms with Crippen molar-refractivity contribution >= 4 is 9.84 Å². The molecule has 1 aromatic rings. The highest BCUT2D eigenvalue weighted by Gasteiger charge is 2.23. The summed E-state index contributed by atoms with van der Waals surface area (Å²) in [5, 5.41) is 9.48. The Hall–Kier alpha value is -1.07. The second kappa shape index (κ2) is 5.28. The molecule has 0 spiro atoms. The summed E-state index contributed by atoms with van der Waals surface area (Å²) in [4.78, 5) is 2.17. The van der Waals surface area contributed by atoms with E-state index in [2.05, 4.69) is 4.90 Å². The number of nitrogens with zero attached hydrogens (tertiary/aromatic N) is 1. The molecule has 1 saturated heterocycles. The number of sulfone groups is 1. The molecule has 0 aromatic heterocycles. The highest BCUT2D eigenvalue weighted by Crippen LogP contribution is 2.24. The number of benzene rings is 1. The van der Waals surface area contributed by atoms with Crippen LogP contribution in [0.5, 0.6) is 5.75 Å². The maximum absolute atomic E-state index is 11.6. The molecule has 0 amide bonds. The Morgan fingerprint density at radius 1 is 1.28 bits per heavy atom. The van der Waals surface area contributed by atoms with Crippen molar-refractivity contribution in [3.05, 3.63) is 29.8 Å². The standard InChI is InChI=1S/C13H19NO3S/c1-11(12-4-2-5-13(15)10-12)14-6-3-8-18(16,17)9-7-14/h2,4-5,10-11,15H,3,6-9H2,1H3. The van der Waals surface area contributed by atoms with Crippen molar-refractivity contribution < 1.29 is 13.5 Å². The molecule has 1 fully saturated rings. The summed E-state index contributed by atoms with van der Waals surface area (Å²) < 4.78 is 23.1. The van der Waals surface area contributed by atoms with Crippen LogP contribution < -0.4 is 0 Å². The molecule has 18 heavy (non-hydrogen) atoms. The average molecular weight is 269 g/mol. The zero-order valence-electron chi connectivity index (χ0n) is 10.5. The molecule has 1 heterocycles. The van der Waals surface area contributed by atoms with Gasteiger partial charge in [0.15, 0.2) is 9.84 Å². The molecule has 4 nitrogen and oxygen atoms in total. The third kappa shape index (κ3) is 3.23. The largest absolute Gasteiger partial charge is 0.508 e. The number of hydrogen-bond donors (Lipinski definition) is 1. The van der Waals surface area contributed by atoms with Gasteiger partial charge in [0.2, 0.25) is 0 Å². The highest BCUT2D eigenvalue weighted by atomic mass is 32.2. The minimum absolute atomic E-state index is 0.130. The normalized spacial score (nSPS) is 22.3.